The van der Waals surface area contributed by atoms with E-state index in [9.17, 15) is 8.78 Å². The van der Waals surface area contributed by atoms with Gasteiger partial charge in [-0.25, -0.2) is 4.39 Å². The maximum atomic E-state index is 11.8. The van der Waals surface area contributed by atoms with Gasteiger partial charge in [-0.3, -0.25) is 4.39 Å². The van der Waals surface area contributed by atoms with E-state index in [0.717, 1.165) is 7.62 Å². The second kappa shape index (κ2) is 1.94. The molecule has 1 rings (SSSR count). The molecule has 0 aromatic carbocycles. The van der Waals surface area contributed by atoms with Gasteiger partial charge in [-0.1, -0.05) is 0 Å². The van der Waals surface area contributed by atoms with Crippen molar-refractivity contribution in [3.63, 3.8) is 0 Å². The molecular formula is C3HBF2NO. The third kappa shape index (κ3) is 0.855. The van der Waals surface area contributed by atoms with E-state index in [-0.39, 0.29) is 0 Å². The highest BCUT2D eigenvalue weighted by Crippen LogP contribution is 2.04. The van der Waals surface area contributed by atoms with Crippen LogP contribution in [-0.2, 0) is 4.65 Å². The number of nitrogens with one attached hydrogen (secondary N) is 1. The molecule has 1 aliphatic heterocycles. The maximum Gasteiger partial charge on any atom is 0.786 e. The molecular weight excluding hydrogens is 115 g/mol. The van der Waals surface area contributed by atoms with Gasteiger partial charge >= 0.3 is 7.62 Å². The Labute approximate surface area is 45.2 Å². The van der Waals surface area contributed by atoms with Gasteiger partial charge in [0.25, 0.3) is 0 Å². The molecule has 5 heteroatoms. The molecule has 0 atom stereocenters. The molecule has 0 amide bonds. The van der Waals surface area contributed by atoms with Gasteiger partial charge in [0.2, 0.25) is 0 Å². The summed E-state index contributed by atoms with van der Waals surface area (Å²) in [6.45, 7) is 0. The zero-order chi connectivity index (χ0) is 5.98. The zero-order valence-electron chi connectivity index (χ0n) is 3.74. The number of rotatable bonds is 0. The second-order valence-electron chi connectivity index (χ2n) is 1.09. The van der Waals surface area contributed by atoms with Crippen LogP contribution in [-0.4, -0.2) is 13.8 Å². The number of hydrogen-bond donors (Lipinski definition) is 1. The molecule has 1 radical (unpaired) electrons. The molecule has 8 heavy (non-hydrogen) atoms. The summed E-state index contributed by atoms with van der Waals surface area (Å²) < 4.78 is 27.4. The Morgan fingerprint density at radius 1 is 1.62 bits per heavy atom. The van der Waals surface area contributed by atoms with Crippen LogP contribution >= 0.6 is 0 Å². The molecule has 0 fully saturated rings. The number of halogens is 2. The van der Waals surface area contributed by atoms with Crippen molar-refractivity contribution in [2.45, 2.75) is 0 Å². The van der Waals surface area contributed by atoms with Crippen LogP contribution in [0, 0.1) is 0 Å². The van der Waals surface area contributed by atoms with Crippen molar-refractivity contribution in [1.29, 1.82) is 0 Å². The smallest absolute Gasteiger partial charge is 0.570 e. The number of allylic oxidation sites excluding steroid dienone is 1. The SMILES string of the molecule is FC1=C(F)O[B][NH+]=[C-]1. The normalized spacial score (nSPS) is 17.8. The summed E-state index contributed by atoms with van der Waals surface area (Å²) >= 11 is 0. The molecule has 0 aromatic heterocycles. The van der Waals surface area contributed by atoms with E-state index in [0.29, 0.717) is 0 Å². The fraction of sp³-hybridized carbons (Fsp3) is 0. The molecule has 0 aromatic rings. The van der Waals surface area contributed by atoms with Gasteiger partial charge in [-0.15, -0.1) is 0 Å². The van der Waals surface area contributed by atoms with Gasteiger partial charge in [0.05, 0.1) is 12.0 Å². The van der Waals surface area contributed by atoms with E-state index < -0.39 is 11.8 Å². The first kappa shape index (κ1) is 5.28. The van der Waals surface area contributed by atoms with E-state index >= 15 is 0 Å². The topological polar surface area (TPSA) is 23.2 Å². The summed E-state index contributed by atoms with van der Waals surface area (Å²) in [5.74, 6) is -1.15. The number of hydrogen-bond acceptors (Lipinski definition) is 1. The molecule has 0 unspecified atom stereocenters. The lowest BCUT2D eigenvalue weighted by Gasteiger charge is -2.06. The van der Waals surface area contributed by atoms with Gasteiger partial charge in [0.15, 0.2) is 0 Å². The lowest BCUT2D eigenvalue weighted by Crippen LogP contribution is -2.74. The fourth-order valence-corrected chi connectivity index (χ4v) is 0.275. The summed E-state index contributed by atoms with van der Waals surface area (Å²) in [5, 5.41) is 0. The average Bonchev–Trinajstić information content (AvgIpc) is 1.77. The minimum Gasteiger partial charge on any atom is -0.570 e. The molecule has 1 heterocycles. The lowest BCUT2D eigenvalue weighted by atomic mass is 10.3. The van der Waals surface area contributed by atoms with E-state index in [1.54, 1.807) is 0 Å². The third-order valence-electron chi connectivity index (χ3n) is 0.576. The summed E-state index contributed by atoms with van der Waals surface area (Å²) in [6, 6.07) is -1.26. The minimum atomic E-state index is -1.26. The Balaban J connectivity index is 2.76. The van der Waals surface area contributed by atoms with Gasteiger partial charge in [0.1, 0.15) is 6.01 Å². The summed E-state index contributed by atoms with van der Waals surface area (Å²) in [6.07, 6.45) is 1.84. The first-order valence-electron chi connectivity index (χ1n) is 1.86. The van der Waals surface area contributed by atoms with Crippen LogP contribution in [0.1, 0.15) is 0 Å². The van der Waals surface area contributed by atoms with Crippen LogP contribution in [0.4, 0.5) is 8.78 Å². The van der Waals surface area contributed by atoms with Gasteiger partial charge in [0, 0.05) is 0 Å². The van der Waals surface area contributed by atoms with E-state index in [1.165, 1.54) is 0 Å². The van der Waals surface area contributed by atoms with E-state index in [4.69, 9.17) is 0 Å². The molecule has 0 spiro atoms. The Bertz CT molecular complexity index is 155. The Morgan fingerprint density at radius 3 is 2.75 bits per heavy atom. The van der Waals surface area contributed by atoms with Crippen molar-refractivity contribution in [2.24, 2.45) is 0 Å². The molecule has 1 aliphatic rings. The van der Waals surface area contributed by atoms with E-state index in [2.05, 4.69) is 9.56 Å². The first-order chi connectivity index (χ1) is 3.80. The summed E-state index contributed by atoms with van der Waals surface area (Å²) in [4.78, 5) is 2.09. The lowest BCUT2D eigenvalue weighted by molar-refractivity contribution is -0.301. The first-order valence-corrected chi connectivity index (χ1v) is 1.86. The quantitative estimate of drug-likeness (QED) is 0.308. The van der Waals surface area contributed by atoms with E-state index in [1.807, 2.05) is 6.21 Å². The van der Waals surface area contributed by atoms with Crippen LogP contribution in [0.2, 0.25) is 0 Å². The molecule has 41 valence electrons. The molecule has 0 saturated heterocycles. The van der Waals surface area contributed by atoms with Crippen LogP contribution in [0.25, 0.3) is 0 Å². The minimum absolute atomic E-state index is 0.887. The maximum absolute atomic E-state index is 11.8. The predicted octanol–water partition coefficient (Wildman–Crippen LogP) is -1.31. The molecule has 0 bridgehead atoms. The van der Waals surface area contributed by atoms with Gasteiger partial charge in [-0.05, 0) is 0 Å². The van der Waals surface area contributed by atoms with Crippen LogP contribution in [0.3, 0.4) is 0 Å². The standard InChI is InChI=1S/C3HBF2NO/c5-2-1-7-4-8-3(2)6/h7H. The summed E-state index contributed by atoms with van der Waals surface area (Å²) in [5.41, 5.74) is 0. The highest BCUT2D eigenvalue weighted by atomic mass is 19.2. The van der Waals surface area contributed by atoms with Gasteiger partial charge < -0.3 is 9.56 Å². The highest BCUT2D eigenvalue weighted by Gasteiger charge is 2.06. The summed E-state index contributed by atoms with van der Waals surface area (Å²) in [7, 11) is 0.887. The monoisotopic (exact) mass is 116 g/mol. The Hall–Kier alpha value is -0.865. The fourth-order valence-electron chi connectivity index (χ4n) is 0.275. The van der Waals surface area contributed by atoms with Crippen molar-refractivity contribution in [3.05, 3.63) is 11.8 Å². The Kier molecular flexibility index (Phi) is 1.28. The van der Waals surface area contributed by atoms with Crippen LogP contribution in [0.15, 0.2) is 11.8 Å². The molecule has 0 aliphatic carbocycles. The van der Waals surface area contributed by atoms with Crippen molar-refractivity contribution < 1.29 is 18.3 Å². The second-order valence-corrected chi connectivity index (χ2v) is 1.09. The highest BCUT2D eigenvalue weighted by molar-refractivity contribution is 6.17. The third-order valence-corrected chi connectivity index (χ3v) is 0.576. The molecule has 1 N–H and O–H groups in total. The largest absolute Gasteiger partial charge is 0.786 e. The van der Waals surface area contributed by atoms with Crippen molar-refractivity contribution in [2.75, 3.05) is 0 Å². The molecule has 0 saturated carbocycles. The van der Waals surface area contributed by atoms with Crippen LogP contribution in [0.5, 0.6) is 0 Å². The molecule has 2 nitrogen and oxygen atoms in total. The Morgan fingerprint density at radius 2 is 2.38 bits per heavy atom. The zero-order valence-corrected chi connectivity index (χ0v) is 3.74. The predicted molar refractivity (Wildman–Crippen MR) is 22.1 cm³/mol. The van der Waals surface area contributed by atoms with Crippen LogP contribution < -0.4 is 4.90 Å². The van der Waals surface area contributed by atoms with Gasteiger partial charge in [-0.2, -0.15) is 0 Å². The van der Waals surface area contributed by atoms with Crippen molar-refractivity contribution in [3.8, 4) is 0 Å². The van der Waals surface area contributed by atoms with Crippen molar-refractivity contribution in [1.82, 2.24) is 0 Å². The van der Waals surface area contributed by atoms with Crippen molar-refractivity contribution >= 4 is 13.8 Å². The average molecular weight is 116 g/mol.